The van der Waals surface area contributed by atoms with Crippen molar-refractivity contribution in [2.45, 2.75) is 5.60 Å². The molecule has 3 aliphatic rings. The number of rotatable bonds is 6. The number of ketones is 4. The Balaban J connectivity index is 1.60. The van der Waals surface area contributed by atoms with E-state index in [1.807, 2.05) is 0 Å². The fourth-order valence-electron chi connectivity index (χ4n) is 7.18. The van der Waals surface area contributed by atoms with E-state index >= 15 is 9.59 Å². The van der Waals surface area contributed by atoms with Gasteiger partial charge in [0.1, 0.15) is 5.60 Å². The third-order valence-electron chi connectivity index (χ3n) is 9.33. The molecule has 0 fully saturated rings. The first kappa shape index (κ1) is 29.9. The molecule has 0 amide bonds. The van der Waals surface area contributed by atoms with E-state index in [2.05, 4.69) is 0 Å². The second-order valence-electron chi connectivity index (χ2n) is 11.4. The van der Waals surface area contributed by atoms with Crippen LogP contribution in [0.2, 0.25) is 0 Å². The number of hydrogen-bond acceptors (Lipinski definition) is 9. The van der Waals surface area contributed by atoms with Gasteiger partial charge in [0.05, 0.1) is 34.0 Å². The molecule has 0 heterocycles. The van der Waals surface area contributed by atoms with Crippen molar-refractivity contribution in [2.24, 2.45) is 5.41 Å². The molecule has 0 aliphatic heterocycles. The van der Waals surface area contributed by atoms with Crippen LogP contribution in [0.4, 0.5) is 0 Å². The number of methoxy groups -OCH3 is 4. The molecule has 3 aliphatic carbocycles. The van der Waals surface area contributed by atoms with Crippen molar-refractivity contribution in [1.82, 2.24) is 0 Å². The van der Waals surface area contributed by atoms with Crippen LogP contribution >= 0.6 is 0 Å². The maximum absolute atomic E-state index is 15.0. The molecule has 1 spiro atoms. The molecule has 0 saturated carbocycles. The van der Waals surface area contributed by atoms with E-state index in [4.69, 9.17) is 18.9 Å². The lowest BCUT2D eigenvalue weighted by molar-refractivity contribution is 0.00251. The van der Waals surface area contributed by atoms with Gasteiger partial charge in [0, 0.05) is 27.8 Å². The SMILES string of the molecule is COc1cc2c(cc1OC)C(=O)C(=C1C=C(c3ccccc3)C3(C(=O)c4cc(OC)c(OC)cc4C3=O)[C@]1(O)c1ccccc1)C2=O. The van der Waals surface area contributed by atoms with Gasteiger partial charge in [-0.25, -0.2) is 0 Å². The largest absolute Gasteiger partial charge is 0.493 e. The number of hydrogen-bond donors (Lipinski definition) is 1. The number of Topliss-reactive ketones (excluding diaryl/α,β-unsaturated/α-hetero) is 4. The van der Waals surface area contributed by atoms with Crippen LogP contribution in [0.5, 0.6) is 23.0 Å². The Hall–Kier alpha value is -5.80. The summed E-state index contributed by atoms with van der Waals surface area (Å²) in [5.74, 6) is -1.89. The molecule has 0 bridgehead atoms. The smallest absolute Gasteiger partial charge is 0.198 e. The van der Waals surface area contributed by atoms with Gasteiger partial charge in [0.2, 0.25) is 0 Å². The number of carbonyl (C=O) groups excluding carboxylic acids is 4. The van der Waals surface area contributed by atoms with Gasteiger partial charge in [-0.1, -0.05) is 60.7 Å². The number of benzene rings is 4. The first-order valence-corrected chi connectivity index (χ1v) is 14.7. The van der Waals surface area contributed by atoms with Gasteiger partial charge in [-0.05, 0) is 47.0 Å². The summed E-state index contributed by atoms with van der Waals surface area (Å²) in [5, 5.41) is 13.4. The van der Waals surface area contributed by atoms with Crippen molar-refractivity contribution in [3.63, 3.8) is 0 Å². The summed E-state index contributed by atoms with van der Waals surface area (Å²) in [6.45, 7) is 0. The molecule has 0 radical (unpaired) electrons. The lowest BCUT2D eigenvalue weighted by Crippen LogP contribution is -2.52. The quantitative estimate of drug-likeness (QED) is 0.169. The summed E-state index contributed by atoms with van der Waals surface area (Å²) in [5.41, 5.74) is -4.53. The maximum atomic E-state index is 15.0. The Morgan fingerprint density at radius 1 is 0.553 bits per heavy atom. The van der Waals surface area contributed by atoms with Gasteiger partial charge in [-0.2, -0.15) is 0 Å². The van der Waals surface area contributed by atoms with Crippen LogP contribution in [-0.4, -0.2) is 56.7 Å². The van der Waals surface area contributed by atoms with Crippen molar-refractivity contribution < 1.29 is 43.2 Å². The summed E-state index contributed by atoms with van der Waals surface area (Å²) >= 11 is 0. The molecule has 0 aromatic heterocycles. The molecule has 1 N–H and O–H groups in total. The van der Waals surface area contributed by atoms with Crippen molar-refractivity contribution in [2.75, 3.05) is 28.4 Å². The molecule has 9 nitrogen and oxygen atoms in total. The van der Waals surface area contributed by atoms with Gasteiger partial charge in [-0.3, -0.25) is 19.2 Å². The van der Waals surface area contributed by atoms with Gasteiger partial charge < -0.3 is 24.1 Å². The molecule has 0 saturated heterocycles. The standard InChI is InChI=1S/C38H28O9/c1-44-28-15-22-23(16-29(28)45-2)34(40)32(33(22)39)27-19-26(20-11-7-5-8-12-20)37(38(27,43)21-13-9-6-10-14-21)35(41)24-17-30(46-3)31(47-4)18-25(24)36(37)42/h5-19,43H,1-4H3/t38-/m0/s1. The fraction of sp³-hybridized carbons (Fsp3) is 0.158. The van der Waals surface area contributed by atoms with Gasteiger partial charge >= 0.3 is 0 Å². The molecule has 1 atom stereocenters. The van der Waals surface area contributed by atoms with E-state index in [0.29, 0.717) is 5.56 Å². The number of carbonyl (C=O) groups is 4. The topological polar surface area (TPSA) is 125 Å². The number of allylic oxidation sites excluding steroid dienone is 1. The molecular formula is C38H28O9. The Bertz CT molecular complexity index is 2020. The van der Waals surface area contributed by atoms with Gasteiger partial charge in [0.25, 0.3) is 0 Å². The van der Waals surface area contributed by atoms with E-state index in [1.165, 1.54) is 58.8 Å². The molecule has 7 rings (SSSR count). The number of fused-ring (bicyclic) bond motifs is 2. The normalized spacial score (nSPS) is 19.2. The predicted molar refractivity (Wildman–Crippen MR) is 171 cm³/mol. The highest BCUT2D eigenvalue weighted by molar-refractivity contribution is 6.42. The van der Waals surface area contributed by atoms with Crippen LogP contribution < -0.4 is 18.9 Å². The third-order valence-corrected chi connectivity index (χ3v) is 9.33. The lowest BCUT2D eigenvalue weighted by Gasteiger charge is -2.40. The predicted octanol–water partition coefficient (Wildman–Crippen LogP) is 5.45. The first-order valence-electron chi connectivity index (χ1n) is 14.7. The Kier molecular flexibility index (Phi) is 6.76. The van der Waals surface area contributed by atoms with Crippen LogP contribution in [0.25, 0.3) is 5.57 Å². The molecule has 4 aromatic rings. The molecule has 47 heavy (non-hydrogen) atoms. The van der Waals surface area contributed by atoms with Crippen LogP contribution in [-0.2, 0) is 5.60 Å². The van der Waals surface area contributed by atoms with Crippen molar-refractivity contribution in [3.8, 4) is 23.0 Å². The zero-order valence-electron chi connectivity index (χ0n) is 25.9. The minimum Gasteiger partial charge on any atom is -0.493 e. The average molecular weight is 629 g/mol. The highest BCUT2D eigenvalue weighted by Gasteiger charge is 2.72. The first-order chi connectivity index (χ1) is 22.7. The van der Waals surface area contributed by atoms with Gasteiger partial charge in [-0.15, -0.1) is 0 Å². The average Bonchev–Trinajstić information content (AvgIpc) is 3.62. The van der Waals surface area contributed by atoms with Crippen molar-refractivity contribution >= 4 is 28.7 Å². The van der Waals surface area contributed by atoms with Crippen molar-refractivity contribution in [1.29, 1.82) is 0 Å². The maximum Gasteiger partial charge on any atom is 0.198 e. The Morgan fingerprint density at radius 2 is 0.957 bits per heavy atom. The molecule has 234 valence electrons. The summed E-state index contributed by atoms with van der Waals surface area (Å²) in [4.78, 5) is 58.6. The summed E-state index contributed by atoms with van der Waals surface area (Å²) < 4.78 is 21.7. The molecular weight excluding hydrogens is 600 g/mol. The monoisotopic (exact) mass is 628 g/mol. The number of ether oxygens (including phenoxy) is 4. The van der Waals surface area contributed by atoms with Crippen molar-refractivity contribution in [3.05, 3.63) is 136 Å². The summed E-state index contributed by atoms with van der Waals surface area (Å²) in [6, 6.07) is 22.5. The van der Waals surface area contributed by atoms with E-state index < -0.39 is 34.1 Å². The highest BCUT2D eigenvalue weighted by atomic mass is 16.5. The van der Waals surface area contributed by atoms with Crippen LogP contribution in [0.15, 0.2) is 102 Å². The minimum absolute atomic E-state index is 0.0110. The highest BCUT2D eigenvalue weighted by Crippen LogP contribution is 2.65. The Morgan fingerprint density at radius 3 is 1.38 bits per heavy atom. The second-order valence-corrected chi connectivity index (χ2v) is 11.4. The molecule has 4 aromatic carbocycles. The Labute approximate surface area is 269 Å². The zero-order chi connectivity index (χ0) is 33.2. The van der Waals surface area contributed by atoms with E-state index in [-0.39, 0.29) is 67.5 Å². The van der Waals surface area contributed by atoms with E-state index in [1.54, 1.807) is 60.7 Å². The van der Waals surface area contributed by atoms with Crippen LogP contribution in [0, 0.1) is 5.41 Å². The van der Waals surface area contributed by atoms with E-state index in [0.717, 1.165) is 0 Å². The zero-order valence-corrected chi connectivity index (χ0v) is 25.9. The molecule has 0 unspecified atom stereocenters. The number of aliphatic hydroxyl groups is 1. The summed E-state index contributed by atoms with van der Waals surface area (Å²) in [7, 11) is 5.64. The minimum atomic E-state index is -2.51. The second kappa shape index (κ2) is 10.6. The van der Waals surface area contributed by atoms with Crippen LogP contribution in [0.3, 0.4) is 0 Å². The van der Waals surface area contributed by atoms with Crippen LogP contribution in [0.1, 0.15) is 52.6 Å². The van der Waals surface area contributed by atoms with Gasteiger partial charge in [0.15, 0.2) is 51.5 Å². The summed E-state index contributed by atoms with van der Waals surface area (Å²) in [6.07, 6.45) is 1.45. The molecule has 9 heteroatoms. The fourth-order valence-corrected chi connectivity index (χ4v) is 7.18. The lowest BCUT2D eigenvalue weighted by atomic mass is 9.61. The third kappa shape index (κ3) is 3.74. The van der Waals surface area contributed by atoms with E-state index in [9.17, 15) is 14.7 Å².